The van der Waals surface area contributed by atoms with E-state index in [4.69, 9.17) is 4.74 Å². The summed E-state index contributed by atoms with van der Waals surface area (Å²) in [4.78, 5) is 44.1. The van der Waals surface area contributed by atoms with Crippen LogP contribution in [0.25, 0.3) is 0 Å². The van der Waals surface area contributed by atoms with Gasteiger partial charge in [0.25, 0.3) is 5.91 Å². The smallest absolute Gasteiger partial charge is 0.407 e. The van der Waals surface area contributed by atoms with Crippen LogP contribution in [0.1, 0.15) is 54.4 Å². The van der Waals surface area contributed by atoms with Crippen LogP contribution in [0.2, 0.25) is 0 Å². The monoisotopic (exact) mass is 637 g/mol. The third-order valence-corrected chi connectivity index (χ3v) is 7.36. The first-order valence-electron chi connectivity index (χ1n) is 15.5. The largest absolute Gasteiger partial charge is 0.530 e. The number of rotatable bonds is 13. The summed E-state index contributed by atoms with van der Waals surface area (Å²) in [6.45, 7) is 5.19. The first-order valence-corrected chi connectivity index (χ1v) is 15.5. The molecule has 3 atom stereocenters. The van der Waals surface area contributed by atoms with Gasteiger partial charge < -0.3 is 35.3 Å². The Kier molecular flexibility index (Phi) is 12.1. The zero-order chi connectivity index (χ0) is 33.8. The third kappa shape index (κ3) is 11.0. The second kappa shape index (κ2) is 16.4. The van der Waals surface area contributed by atoms with Gasteiger partial charge in [0.1, 0.15) is 11.7 Å². The van der Waals surface area contributed by atoms with Gasteiger partial charge in [-0.05, 0) is 75.4 Å². The molecule has 3 aromatic carbocycles. The highest BCUT2D eigenvalue weighted by Crippen LogP contribution is 2.23. The van der Waals surface area contributed by atoms with Crippen molar-refractivity contribution in [3.63, 3.8) is 0 Å². The van der Waals surface area contributed by atoms with E-state index in [1.54, 1.807) is 57.3 Å². The number of pyridine rings is 1. The van der Waals surface area contributed by atoms with Gasteiger partial charge in [0.15, 0.2) is 0 Å². The molecule has 0 radical (unpaired) electrons. The number of aromatic nitrogens is 1. The molecule has 3 N–H and O–H groups in total. The summed E-state index contributed by atoms with van der Waals surface area (Å²) in [6.07, 6.45) is -0.871. The molecule has 0 aliphatic heterocycles. The fourth-order valence-electron chi connectivity index (χ4n) is 5.22. The second-order valence-electron chi connectivity index (χ2n) is 12.3. The Hall–Kier alpha value is -5.22. The number of ether oxygens (including phenoxy) is 1. The summed E-state index contributed by atoms with van der Waals surface area (Å²) in [5, 5.41) is 29.8. The second-order valence-corrected chi connectivity index (χ2v) is 12.3. The lowest BCUT2D eigenvalue weighted by Crippen LogP contribution is -2.49. The summed E-state index contributed by atoms with van der Waals surface area (Å²) in [5.41, 5.74) is 1.80. The van der Waals surface area contributed by atoms with E-state index >= 15 is 0 Å². The number of benzene rings is 3. The molecule has 0 aliphatic rings. The molecule has 10 nitrogen and oxygen atoms in total. The summed E-state index contributed by atoms with van der Waals surface area (Å²) in [6, 6.07) is 29.1. The van der Waals surface area contributed by atoms with Crippen molar-refractivity contribution in [3.8, 4) is 0 Å². The lowest BCUT2D eigenvalue weighted by atomic mass is 9.93. The van der Waals surface area contributed by atoms with E-state index in [0.29, 0.717) is 12.1 Å². The Bertz CT molecular complexity index is 1600. The van der Waals surface area contributed by atoms with E-state index in [-0.39, 0.29) is 30.6 Å². The van der Waals surface area contributed by atoms with Gasteiger partial charge >= 0.3 is 6.09 Å². The minimum Gasteiger partial charge on any atom is -0.530 e. The van der Waals surface area contributed by atoms with Gasteiger partial charge in [-0.15, -0.1) is 0 Å². The number of nitrogens with zero attached hydrogens (tertiary/aromatic N) is 2. The molecule has 47 heavy (non-hydrogen) atoms. The molecule has 10 heteroatoms. The standard InChI is InChI=1S/C37H42N4O6/c1-37(2,3)47-35(44)39-29(22-26-14-6-4-7-15-26)24-33(42)31(23-27-16-8-5-9-17-27)40-34(43)30-19-10-11-20-32(30)41(36(45)46)25-28-18-12-13-21-38-28/h4-21,29,31,33,42H,22-25H2,1-3H3,(H,39,44)(H,40,43)(H,45,46)/p-1/t29-,31-,33-/m0/s1. The van der Waals surface area contributed by atoms with E-state index in [9.17, 15) is 24.6 Å². The predicted octanol–water partition coefficient (Wildman–Crippen LogP) is 4.66. The first kappa shape index (κ1) is 34.6. The third-order valence-electron chi connectivity index (χ3n) is 7.36. The zero-order valence-electron chi connectivity index (χ0n) is 26.8. The minimum atomic E-state index is -1.49. The molecular weight excluding hydrogens is 596 g/mol. The number of anilines is 1. The van der Waals surface area contributed by atoms with Crippen LogP contribution in [0.3, 0.4) is 0 Å². The van der Waals surface area contributed by atoms with E-state index < -0.39 is 41.9 Å². The highest BCUT2D eigenvalue weighted by atomic mass is 16.6. The fourth-order valence-corrected chi connectivity index (χ4v) is 5.22. The van der Waals surface area contributed by atoms with Gasteiger partial charge in [0.05, 0.1) is 35.6 Å². The number of carboxylic acid groups (broad SMARTS) is 1. The van der Waals surface area contributed by atoms with E-state index in [2.05, 4.69) is 15.6 Å². The topological polar surface area (TPSA) is 144 Å². The highest BCUT2D eigenvalue weighted by molar-refractivity contribution is 6.03. The normalized spacial score (nSPS) is 13.1. The Labute approximate surface area is 275 Å². The molecule has 0 bridgehead atoms. The van der Waals surface area contributed by atoms with Crippen LogP contribution in [0, 0.1) is 0 Å². The molecule has 1 heterocycles. The van der Waals surface area contributed by atoms with Crippen molar-refractivity contribution in [1.29, 1.82) is 0 Å². The van der Waals surface area contributed by atoms with Crippen molar-refractivity contribution < 1.29 is 29.3 Å². The molecule has 0 spiro atoms. The number of amides is 3. The molecule has 246 valence electrons. The summed E-state index contributed by atoms with van der Waals surface area (Å²) in [7, 11) is 0. The molecule has 0 aliphatic carbocycles. The van der Waals surface area contributed by atoms with E-state index in [0.717, 1.165) is 16.0 Å². The van der Waals surface area contributed by atoms with Crippen molar-refractivity contribution in [2.45, 2.75) is 70.4 Å². The summed E-state index contributed by atoms with van der Waals surface area (Å²) in [5.74, 6) is -0.576. The summed E-state index contributed by atoms with van der Waals surface area (Å²) < 4.78 is 5.50. The lowest BCUT2D eigenvalue weighted by Gasteiger charge is -2.30. The Morgan fingerprint density at radius 2 is 1.43 bits per heavy atom. The van der Waals surface area contributed by atoms with Crippen LogP contribution in [-0.2, 0) is 24.1 Å². The number of nitrogens with one attached hydrogen (secondary N) is 2. The molecule has 4 rings (SSSR count). The maximum Gasteiger partial charge on any atom is 0.407 e. The molecule has 0 saturated heterocycles. The van der Waals surface area contributed by atoms with E-state index in [1.165, 1.54) is 12.1 Å². The number of carbonyl (C=O) groups excluding carboxylic acids is 3. The van der Waals surface area contributed by atoms with Crippen molar-refractivity contribution in [2.75, 3.05) is 4.90 Å². The summed E-state index contributed by atoms with van der Waals surface area (Å²) >= 11 is 0. The zero-order valence-corrected chi connectivity index (χ0v) is 26.8. The van der Waals surface area contributed by atoms with Crippen LogP contribution in [0.5, 0.6) is 0 Å². The molecule has 1 aromatic heterocycles. The molecule has 4 aromatic rings. The number of hydrogen-bond acceptors (Lipinski definition) is 7. The van der Waals surface area contributed by atoms with Crippen LogP contribution in [0.4, 0.5) is 15.3 Å². The van der Waals surface area contributed by atoms with Crippen molar-refractivity contribution in [2.24, 2.45) is 0 Å². The Morgan fingerprint density at radius 1 is 0.830 bits per heavy atom. The van der Waals surface area contributed by atoms with Gasteiger partial charge in [-0.3, -0.25) is 9.78 Å². The highest BCUT2D eigenvalue weighted by Gasteiger charge is 2.29. The van der Waals surface area contributed by atoms with Gasteiger partial charge in [-0.25, -0.2) is 4.79 Å². The fraction of sp³-hybridized carbons (Fsp3) is 0.297. The molecule has 0 fully saturated rings. The Balaban J connectivity index is 1.60. The Morgan fingerprint density at radius 3 is 2.02 bits per heavy atom. The number of aliphatic hydroxyl groups is 1. The molecule has 0 saturated carbocycles. The molecule has 3 amide bonds. The number of para-hydroxylation sites is 1. The average molecular weight is 638 g/mol. The number of carbonyl (C=O) groups is 3. The van der Waals surface area contributed by atoms with Crippen molar-refractivity contribution in [1.82, 2.24) is 15.6 Å². The quantitative estimate of drug-likeness (QED) is 0.193. The van der Waals surface area contributed by atoms with Crippen LogP contribution in [0.15, 0.2) is 109 Å². The molecule has 0 unspecified atom stereocenters. The predicted molar refractivity (Wildman–Crippen MR) is 178 cm³/mol. The maximum atomic E-state index is 13.9. The number of aliphatic hydroxyl groups excluding tert-OH is 1. The number of hydrogen-bond donors (Lipinski definition) is 3. The van der Waals surface area contributed by atoms with E-state index in [1.807, 2.05) is 60.7 Å². The van der Waals surface area contributed by atoms with Crippen LogP contribution in [-0.4, -0.2) is 52.0 Å². The van der Waals surface area contributed by atoms with Gasteiger partial charge in [-0.2, -0.15) is 0 Å². The number of alkyl carbamates (subject to hydrolysis) is 1. The van der Waals surface area contributed by atoms with Crippen LogP contribution >= 0.6 is 0 Å². The van der Waals surface area contributed by atoms with Crippen LogP contribution < -0.4 is 20.6 Å². The average Bonchev–Trinajstić information content (AvgIpc) is 3.03. The van der Waals surface area contributed by atoms with Gasteiger partial charge in [0.2, 0.25) is 0 Å². The van der Waals surface area contributed by atoms with Gasteiger partial charge in [0, 0.05) is 12.2 Å². The lowest BCUT2D eigenvalue weighted by molar-refractivity contribution is -0.246. The molecular formula is C37H41N4O6-. The van der Waals surface area contributed by atoms with Gasteiger partial charge in [-0.1, -0.05) is 78.9 Å². The SMILES string of the molecule is CC(C)(C)OC(=O)N[C@@H](Cc1ccccc1)C[C@H](O)[C@H](Cc1ccccc1)NC(=O)c1ccccc1N(Cc1ccccn1)C(=O)[O-]. The van der Waals surface area contributed by atoms with Crippen molar-refractivity contribution >= 4 is 23.8 Å². The first-order chi connectivity index (χ1) is 22.5. The minimum absolute atomic E-state index is 0.0885. The van der Waals surface area contributed by atoms with Crippen molar-refractivity contribution in [3.05, 3.63) is 132 Å². The maximum absolute atomic E-state index is 13.9.